The molecule has 21 heavy (non-hydrogen) atoms. The van der Waals surface area contributed by atoms with Crippen molar-refractivity contribution >= 4 is 11.6 Å². The van der Waals surface area contributed by atoms with Gasteiger partial charge in [0.15, 0.2) is 0 Å². The van der Waals surface area contributed by atoms with Crippen LogP contribution in [0.3, 0.4) is 0 Å². The monoisotopic (exact) mass is 283 g/mol. The lowest BCUT2D eigenvalue weighted by atomic mass is 9.74. The van der Waals surface area contributed by atoms with E-state index in [0.29, 0.717) is 17.9 Å². The Morgan fingerprint density at radius 2 is 2.05 bits per heavy atom. The topological polar surface area (TPSA) is 53.2 Å². The number of carbonyl (C=O) groups is 1. The van der Waals surface area contributed by atoms with E-state index in [4.69, 9.17) is 0 Å². The van der Waals surface area contributed by atoms with E-state index in [0.717, 1.165) is 24.6 Å². The molecule has 2 aliphatic carbocycles. The standard InChI is InChI=1S/C17H21N3O/c21-16-17(12-3-1-2-4-15(12)19-16)8-13(17)10-5-6-14-11(7-10)9-18-20-14/h1-4,10-11,13-14,18,20H,5-9H2,(H,19,21)/t10?,11?,13?,14?,17-/m0/s1. The van der Waals surface area contributed by atoms with Gasteiger partial charge in [-0.25, -0.2) is 0 Å². The first-order valence-electron chi connectivity index (χ1n) is 8.18. The Labute approximate surface area is 124 Å². The smallest absolute Gasteiger partial charge is 0.235 e. The van der Waals surface area contributed by atoms with Gasteiger partial charge >= 0.3 is 0 Å². The Morgan fingerprint density at radius 3 is 3.00 bits per heavy atom. The third kappa shape index (κ3) is 1.55. The number of hydrogen-bond acceptors (Lipinski definition) is 3. The van der Waals surface area contributed by atoms with E-state index in [9.17, 15) is 4.79 Å². The number of benzene rings is 1. The molecule has 4 nitrogen and oxygen atoms in total. The maximum Gasteiger partial charge on any atom is 0.235 e. The molecule has 1 aromatic carbocycles. The third-order valence-corrected chi connectivity index (χ3v) is 6.32. The number of rotatable bonds is 1. The normalized spacial score (nSPS) is 43.5. The van der Waals surface area contributed by atoms with Crippen molar-refractivity contribution in [2.24, 2.45) is 17.8 Å². The second-order valence-electron chi connectivity index (χ2n) is 7.25. The molecule has 1 spiro atoms. The van der Waals surface area contributed by atoms with Gasteiger partial charge in [0.2, 0.25) is 5.91 Å². The number of fused-ring (bicyclic) bond motifs is 3. The summed E-state index contributed by atoms with van der Waals surface area (Å²) in [6.45, 7) is 1.09. The Balaban J connectivity index is 1.42. The molecule has 2 aliphatic heterocycles. The number of hydrazine groups is 1. The molecular formula is C17H21N3O. The SMILES string of the molecule is O=C1Nc2ccccc2[C@]12CC2C1CCC2NNCC2C1. The molecule has 0 radical (unpaired) electrons. The van der Waals surface area contributed by atoms with Gasteiger partial charge in [-0.2, -0.15) is 0 Å². The summed E-state index contributed by atoms with van der Waals surface area (Å²) in [4.78, 5) is 12.6. The Kier molecular flexibility index (Phi) is 2.37. The van der Waals surface area contributed by atoms with Crippen molar-refractivity contribution in [3.05, 3.63) is 29.8 Å². The molecule has 110 valence electrons. The van der Waals surface area contributed by atoms with E-state index < -0.39 is 0 Å². The Bertz CT molecular complexity index is 616. The van der Waals surface area contributed by atoms with Crippen molar-refractivity contribution in [1.29, 1.82) is 0 Å². The molecule has 5 rings (SSSR count). The van der Waals surface area contributed by atoms with E-state index in [2.05, 4.69) is 28.3 Å². The molecular weight excluding hydrogens is 262 g/mol. The van der Waals surface area contributed by atoms with Gasteiger partial charge in [0, 0.05) is 18.3 Å². The third-order valence-electron chi connectivity index (χ3n) is 6.32. The minimum atomic E-state index is -0.187. The fourth-order valence-corrected chi connectivity index (χ4v) is 5.17. The van der Waals surface area contributed by atoms with Gasteiger partial charge in [-0.3, -0.25) is 15.6 Å². The molecule has 4 heteroatoms. The number of hydrogen-bond donors (Lipinski definition) is 3. The average molecular weight is 283 g/mol. The van der Waals surface area contributed by atoms with Gasteiger partial charge in [-0.1, -0.05) is 18.2 Å². The summed E-state index contributed by atoms with van der Waals surface area (Å²) in [5.74, 6) is 2.27. The Hall–Kier alpha value is -1.39. The van der Waals surface area contributed by atoms with Crippen molar-refractivity contribution in [3.63, 3.8) is 0 Å². The predicted octanol–water partition coefficient (Wildman–Crippen LogP) is 1.79. The molecule has 0 aromatic heterocycles. The van der Waals surface area contributed by atoms with Crippen molar-refractivity contribution in [3.8, 4) is 0 Å². The number of para-hydroxylation sites is 1. The summed E-state index contributed by atoms with van der Waals surface area (Å²) in [7, 11) is 0. The number of amides is 1. The van der Waals surface area contributed by atoms with Gasteiger partial charge in [-0.05, 0) is 55.1 Å². The van der Waals surface area contributed by atoms with Crippen molar-refractivity contribution in [1.82, 2.24) is 10.9 Å². The predicted molar refractivity (Wildman–Crippen MR) is 80.6 cm³/mol. The maximum atomic E-state index is 12.6. The quantitative estimate of drug-likeness (QED) is 0.736. The summed E-state index contributed by atoms with van der Waals surface area (Å²) in [6.07, 6.45) is 4.83. The van der Waals surface area contributed by atoms with Gasteiger partial charge in [0.05, 0.1) is 5.41 Å². The molecule has 4 unspecified atom stereocenters. The number of nitrogens with one attached hydrogen (secondary N) is 3. The second kappa shape index (κ2) is 4.08. The van der Waals surface area contributed by atoms with Crippen LogP contribution in [0.15, 0.2) is 24.3 Å². The molecule has 5 atom stereocenters. The van der Waals surface area contributed by atoms with Gasteiger partial charge in [0.1, 0.15) is 0 Å². The molecule has 3 N–H and O–H groups in total. The van der Waals surface area contributed by atoms with Crippen LogP contribution in [-0.4, -0.2) is 18.5 Å². The first kappa shape index (κ1) is 12.2. The number of anilines is 1. The molecule has 4 aliphatic rings. The molecule has 2 heterocycles. The van der Waals surface area contributed by atoms with Crippen LogP contribution in [0, 0.1) is 17.8 Å². The van der Waals surface area contributed by atoms with Crippen molar-refractivity contribution < 1.29 is 4.79 Å². The molecule has 3 fully saturated rings. The molecule has 1 aromatic rings. The largest absolute Gasteiger partial charge is 0.325 e. The van der Waals surface area contributed by atoms with E-state index in [1.807, 2.05) is 12.1 Å². The van der Waals surface area contributed by atoms with Gasteiger partial charge < -0.3 is 5.32 Å². The maximum absolute atomic E-state index is 12.6. The second-order valence-corrected chi connectivity index (χ2v) is 7.25. The lowest BCUT2D eigenvalue weighted by molar-refractivity contribution is -0.118. The molecule has 1 saturated heterocycles. The van der Waals surface area contributed by atoms with Crippen molar-refractivity contribution in [2.45, 2.75) is 37.1 Å². The summed E-state index contributed by atoms with van der Waals surface area (Å²) in [6, 6.07) is 8.92. The van der Waals surface area contributed by atoms with Crippen LogP contribution in [0.1, 0.15) is 31.2 Å². The molecule has 2 saturated carbocycles. The highest BCUT2D eigenvalue weighted by Crippen LogP contribution is 2.64. The zero-order valence-electron chi connectivity index (χ0n) is 12.1. The summed E-state index contributed by atoms with van der Waals surface area (Å²) < 4.78 is 0. The van der Waals surface area contributed by atoms with Crippen LogP contribution >= 0.6 is 0 Å². The fraction of sp³-hybridized carbons (Fsp3) is 0.588. The zero-order chi connectivity index (χ0) is 14.0. The van der Waals surface area contributed by atoms with Crippen LogP contribution in [0.5, 0.6) is 0 Å². The lowest BCUT2D eigenvalue weighted by Crippen LogP contribution is -2.36. The highest BCUT2D eigenvalue weighted by Gasteiger charge is 2.66. The van der Waals surface area contributed by atoms with E-state index in [1.54, 1.807) is 0 Å². The zero-order valence-corrected chi connectivity index (χ0v) is 12.1. The highest BCUT2D eigenvalue weighted by atomic mass is 16.2. The van der Waals surface area contributed by atoms with Crippen molar-refractivity contribution in [2.75, 3.05) is 11.9 Å². The van der Waals surface area contributed by atoms with Gasteiger partial charge in [-0.15, -0.1) is 0 Å². The summed E-state index contributed by atoms with van der Waals surface area (Å²) in [5, 5.41) is 3.10. The minimum Gasteiger partial charge on any atom is -0.325 e. The van der Waals surface area contributed by atoms with Gasteiger partial charge in [0.25, 0.3) is 0 Å². The number of carbonyl (C=O) groups excluding carboxylic acids is 1. The lowest BCUT2D eigenvalue weighted by Gasteiger charge is -2.31. The van der Waals surface area contributed by atoms with Crippen LogP contribution < -0.4 is 16.2 Å². The summed E-state index contributed by atoms with van der Waals surface area (Å²) in [5.41, 5.74) is 8.81. The van der Waals surface area contributed by atoms with Crippen LogP contribution in [0.2, 0.25) is 0 Å². The Morgan fingerprint density at radius 1 is 1.14 bits per heavy atom. The van der Waals surface area contributed by atoms with E-state index in [-0.39, 0.29) is 11.3 Å². The van der Waals surface area contributed by atoms with E-state index >= 15 is 0 Å². The highest BCUT2D eigenvalue weighted by molar-refractivity contribution is 6.08. The van der Waals surface area contributed by atoms with Crippen LogP contribution in [0.4, 0.5) is 5.69 Å². The average Bonchev–Trinajstić information content (AvgIpc) is 2.97. The fourth-order valence-electron chi connectivity index (χ4n) is 5.17. The first-order valence-corrected chi connectivity index (χ1v) is 8.18. The summed E-state index contributed by atoms with van der Waals surface area (Å²) >= 11 is 0. The van der Waals surface area contributed by atoms with Crippen LogP contribution in [0.25, 0.3) is 0 Å². The molecule has 0 bridgehead atoms. The van der Waals surface area contributed by atoms with E-state index in [1.165, 1.54) is 24.8 Å². The molecule has 1 amide bonds. The first-order chi connectivity index (χ1) is 10.3. The van der Waals surface area contributed by atoms with Crippen LogP contribution in [-0.2, 0) is 10.2 Å². The minimum absolute atomic E-state index is 0.187.